The lowest BCUT2D eigenvalue weighted by molar-refractivity contribution is 0.0538. The molecule has 0 unspecified atom stereocenters. The molecule has 0 atom stereocenters. The molecular formula is C25H23FN2O4S. The van der Waals surface area contributed by atoms with Crippen LogP contribution in [0.4, 0.5) is 4.39 Å². The highest BCUT2D eigenvalue weighted by molar-refractivity contribution is 7.17. The average Bonchev–Trinajstić information content (AvgIpc) is 3.35. The van der Waals surface area contributed by atoms with Crippen LogP contribution >= 0.6 is 11.3 Å². The minimum atomic E-state index is -0.388. The van der Waals surface area contributed by atoms with Crippen LogP contribution in [0, 0.1) is 12.7 Å². The van der Waals surface area contributed by atoms with Gasteiger partial charge in [-0.3, -0.25) is 9.59 Å². The van der Waals surface area contributed by atoms with E-state index in [-0.39, 0.29) is 17.6 Å². The zero-order chi connectivity index (χ0) is 22.9. The molecule has 0 aliphatic carbocycles. The molecule has 2 aliphatic rings. The summed E-state index contributed by atoms with van der Waals surface area (Å²) in [7, 11) is 0. The number of hydrogen-bond acceptors (Lipinski definition) is 5. The number of thiophene rings is 1. The molecule has 6 nitrogen and oxygen atoms in total. The number of rotatable bonds is 3. The Morgan fingerprint density at radius 2 is 1.55 bits per heavy atom. The van der Waals surface area contributed by atoms with Crippen molar-refractivity contribution >= 4 is 23.2 Å². The van der Waals surface area contributed by atoms with Crippen molar-refractivity contribution in [3.63, 3.8) is 0 Å². The zero-order valence-corrected chi connectivity index (χ0v) is 19.0. The Bertz CT molecular complexity index is 1220. The second-order valence-electron chi connectivity index (χ2n) is 8.07. The first kappa shape index (κ1) is 21.5. The summed E-state index contributed by atoms with van der Waals surface area (Å²) in [5, 5.41) is 0. The van der Waals surface area contributed by atoms with E-state index in [1.54, 1.807) is 28.9 Å². The van der Waals surface area contributed by atoms with Gasteiger partial charge in [0.05, 0.1) is 4.88 Å². The number of halogens is 1. The first-order valence-corrected chi connectivity index (χ1v) is 11.7. The Morgan fingerprint density at radius 1 is 0.848 bits per heavy atom. The second-order valence-corrected chi connectivity index (χ2v) is 9.15. The minimum absolute atomic E-state index is 0.0442. The summed E-state index contributed by atoms with van der Waals surface area (Å²) < 4.78 is 25.1. The number of nitrogens with zero attached hydrogens (tertiary/aromatic N) is 2. The van der Waals surface area contributed by atoms with Crippen LogP contribution in [-0.2, 0) is 0 Å². The van der Waals surface area contributed by atoms with Crippen LogP contribution in [0.15, 0.2) is 48.5 Å². The molecule has 1 fully saturated rings. The normalized spacial score (nSPS) is 15.5. The lowest BCUT2D eigenvalue weighted by Gasteiger charge is -2.34. The number of ether oxygens (including phenoxy) is 2. The Labute approximate surface area is 195 Å². The summed E-state index contributed by atoms with van der Waals surface area (Å²) in [6.45, 7) is 4.45. The first-order chi connectivity index (χ1) is 16.0. The number of fused-ring (bicyclic) bond motifs is 1. The molecule has 0 radical (unpaired) electrons. The molecule has 0 saturated carbocycles. The standard InChI is InChI=1S/C25H23FN2O4S/c1-16-2-3-18(14-19(16)26)24(29)27-8-10-28(11-9-27)25(30)23-7-6-22(33-23)17-4-5-20-21(15-17)32-13-12-31-20/h2-7,14-15H,8-13H2,1H3. The van der Waals surface area contributed by atoms with E-state index in [1.165, 1.54) is 17.4 Å². The Hall–Kier alpha value is -3.39. The van der Waals surface area contributed by atoms with E-state index in [9.17, 15) is 14.0 Å². The predicted octanol–water partition coefficient (Wildman–Crippen LogP) is 4.23. The van der Waals surface area contributed by atoms with Crippen molar-refractivity contribution in [2.45, 2.75) is 6.92 Å². The molecule has 2 amide bonds. The summed E-state index contributed by atoms with van der Waals surface area (Å²) in [6.07, 6.45) is 0. The fourth-order valence-corrected chi connectivity index (χ4v) is 4.95. The molecule has 0 spiro atoms. The lowest BCUT2D eigenvalue weighted by atomic mass is 10.1. The minimum Gasteiger partial charge on any atom is -0.486 e. The van der Waals surface area contributed by atoms with Gasteiger partial charge in [-0.1, -0.05) is 6.07 Å². The van der Waals surface area contributed by atoms with Crippen LogP contribution in [0.5, 0.6) is 11.5 Å². The summed E-state index contributed by atoms with van der Waals surface area (Å²) >= 11 is 1.44. The number of carbonyl (C=O) groups is 2. The smallest absolute Gasteiger partial charge is 0.264 e. The molecule has 1 aromatic heterocycles. The van der Waals surface area contributed by atoms with Crippen LogP contribution < -0.4 is 9.47 Å². The van der Waals surface area contributed by atoms with Crippen LogP contribution in [0.1, 0.15) is 25.6 Å². The summed E-state index contributed by atoms with van der Waals surface area (Å²) in [4.78, 5) is 30.8. The number of piperazine rings is 1. The Morgan fingerprint density at radius 3 is 2.27 bits per heavy atom. The second kappa shape index (κ2) is 8.86. The highest BCUT2D eigenvalue weighted by Gasteiger charge is 2.27. The van der Waals surface area contributed by atoms with Crippen LogP contribution in [0.2, 0.25) is 0 Å². The van der Waals surface area contributed by atoms with Gasteiger partial charge in [0.2, 0.25) is 0 Å². The highest BCUT2D eigenvalue weighted by Crippen LogP contribution is 2.37. The molecule has 5 rings (SSSR count). The zero-order valence-electron chi connectivity index (χ0n) is 18.2. The van der Waals surface area contributed by atoms with Gasteiger partial charge in [0.1, 0.15) is 19.0 Å². The van der Waals surface area contributed by atoms with Gasteiger partial charge in [-0.15, -0.1) is 11.3 Å². The summed E-state index contributed by atoms with van der Waals surface area (Å²) in [5.74, 6) is 0.810. The van der Waals surface area contributed by atoms with Gasteiger partial charge in [0.15, 0.2) is 11.5 Å². The maximum Gasteiger partial charge on any atom is 0.264 e. The SMILES string of the molecule is Cc1ccc(C(=O)N2CCN(C(=O)c3ccc(-c4ccc5c(c4)OCCO5)s3)CC2)cc1F. The molecule has 0 bridgehead atoms. The molecular weight excluding hydrogens is 443 g/mol. The summed E-state index contributed by atoms with van der Waals surface area (Å²) in [6, 6.07) is 14.1. The Balaban J connectivity index is 1.23. The number of aryl methyl sites for hydroxylation is 1. The molecule has 2 aliphatic heterocycles. The molecule has 170 valence electrons. The molecule has 1 saturated heterocycles. The molecule has 8 heteroatoms. The largest absolute Gasteiger partial charge is 0.486 e. The van der Waals surface area contributed by atoms with Crippen LogP contribution in [0.25, 0.3) is 10.4 Å². The van der Waals surface area contributed by atoms with Crippen LogP contribution in [-0.4, -0.2) is 61.0 Å². The highest BCUT2D eigenvalue weighted by atomic mass is 32.1. The third-order valence-corrected chi connectivity index (χ3v) is 7.04. The van der Waals surface area contributed by atoms with Gasteiger partial charge >= 0.3 is 0 Å². The van der Waals surface area contributed by atoms with Crippen molar-refractivity contribution in [3.05, 3.63) is 70.4 Å². The first-order valence-electron chi connectivity index (χ1n) is 10.8. The van der Waals surface area contributed by atoms with Crippen molar-refractivity contribution in [2.24, 2.45) is 0 Å². The average molecular weight is 467 g/mol. The van der Waals surface area contributed by atoms with E-state index < -0.39 is 0 Å². The monoisotopic (exact) mass is 466 g/mol. The van der Waals surface area contributed by atoms with Crippen molar-refractivity contribution in [1.82, 2.24) is 9.80 Å². The number of benzene rings is 2. The number of carbonyl (C=O) groups excluding carboxylic acids is 2. The van der Waals surface area contributed by atoms with E-state index in [0.29, 0.717) is 61.1 Å². The molecule has 0 N–H and O–H groups in total. The third kappa shape index (κ3) is 4.30. The lowest BCUT2D eigenvalue weighted by Crippen LogP contribution is -2.50. The van der Waals surface area contributed by atoms with Gasteiger partial charge in [-0.05, 0) is 60.5 Å². The van der Waals surface area contributed by atoms with Gasteiger partial charge in [0, 0.05) is 36.6 Å². The third-order valence-electron chi connectivity index (χ3n) is 5.92. The van der Waals surface area contributed by atoms with Crippen molar-refractivity contribution in [1.29, 1.82) is 0 Å². The van der Waals surface area contributed by atoms with Gasteiger partial charge in [-0.25, -0.2) is 4.39 Å². The quantitative estimate of drug-likeness (QED) is 0.580. The molecule has 33 heavy (non-hydrogen) atoms. The molecule has 3 aromatic rings. The van der Waals surface area contributed by atoms with Crippen molar-refractivity contribution in [3.8, 4) is 21.9 Å². The Kier molecular flexibility index (Phi) is 5.76. The molecule has 3 heterocycles. The van der Waals surface area contributed by atoms with E-state index in [1.807, 2.05) is 30.3 Å². The topological polar surface area (TPSA) is 59.1 Å². The maximum absolute atomic E-state index is 13.8. The van der Waals surface area contributed by atoms with E-state index in [0.717, 1.165) is 16.2 Å². The fraction of sp³-hybridized carbons (Fsp3) is 0.280. The number of amides is 2. The van der Waals surface area contributed by atoms with E-state index in [4.69, 9.17) is 9.47 Å². The maximum atomic E-state index is 13.8. The number of hydrogen-bond donors (Lipinski definition) is 0. The van der Waals surface area contributed by atoms with Gasteiger partial charge < -0.3 is 19.3 Å². The van der Waals surface area contributed by atoms with Gasteiger partial charge in [-0.2, -0.15) is 0 Å². The van der Waals surface area contributed by atoms with E-state index >= 15 is 0 Å². The van der Waals surface area contributed by atoms with E-state index in [2.05, 4.69) is 0 Å². The molecule has 2 aromatic carbocycles. The fourth-order valence-electron chi connectivity index (χ4n) is 3.98. The van der Waals surface area contributed by atoms with Crippen LogP contribution in [0.3, 0.4) is 0 Å². The van der Waals surface area contributed by atoms with Gasteiger partial charge in [0.25, 0.3) is 11.8 Å². The summed E-state index contributed by atoms with van der Waals surface area (Å²) in [5.41, 5.74) is 1.82. The van der Waals surface area contributed by atoms with Crippen molar-refractivity contribution in [2.75, 3.05) is 39.4 Å². The van der Waals surface area contributed by atoms with Crippen molar-refractivity contribution < 1.29 is 23.5 Å². The predicted molar refractivity (Wildman–Crippen MR) is 124 cm³/mol.